The summed E-state index contributed by atoms with van der Waals surface area (Å²) in [6.45, 7) is 3.50. The monoisotopic (exact) mass is 251 g/mol. The maximum absolute atomic E-state index is 6.63. The fourth-order valence-corrected chi connectivity index (χ4v) is 3.81. The highest BCUT2D eigenvalue weighted by Crippen LogP contribution is 2.38. The van der Waals surface area contributed by atoms with Crippen LogP contribution in [0.15, 0.2) is 0 Å². The summed E-state index contributed by atoms with van der Waals surface area (Å²) < 4.78 is 6.63. The van der Waals surface area contributed by atoms with E-state index in [4.69, 9.17) is 4.74 Å². The second-order valence-electron chi connectivity index (χ2n) is 7.06. The fourth-order valence-electron chi connectivity index (χ4n) is 3.81. The Morgan fingerprint density at radius 3 is 2.50 bits per heavy atom. The zero-order valence-corrected chi connectivity index (χ0v) is 11.9. The van der Waals surface area contributed by atoms with Crippen LogP contribution in [0.2, 0.25) is 0 Å². The lowest BCUT2D eigenvalue weighted by atomic mass is 9.88. The van der Waals surface area contributed by atoms with Gasteiger partial charge in [-0.25, -0.2) is 0 Å². The molecule has 104 valence electrons. The normalized spacial score (nSPS) is 35.8. The first kappa shape index (κ1) is 12.9. The van der Waals surface area contributed by atoms with E-state index in [1.54, 1.807) is 0 Å². The lowest BCUT2D eigenvalue weighted by Gasteiger charge is -2.37. The van der Waals surface area contributed by atoms with Gasteiger partial charge in [-0.1, -0.05) is 32.6 Å². The van der Waals surface area contributed by atoms with Gasteiger partial charge in [-0.15, -0.1) is 0 Å². The number of ether oxygens (including phenoxy) is 1. The van der Waals surface area contributed by atoms with E-state index in [0.717, 1.165) is 18.5 Å². The molecule has 3 aliphatic carbocycles. The van der Waals surface area contributed by atoms with Crippen LogP contribution in [0.3, 0.4) is 0 Å². The Morgan fingerprint density at radius 2 is 1.83 bits per heavy atom. The number of nitrogens with one attached hydrogen (secondary N) is 1. The SMILES string of the molecule is CC1CCCC(OC2(CNC3CC3)CCCC2)C1. The van der Waals surface area contributed by atoms with Crippen molar-refractivity contribution in [3.05, 3.63) is 0 Å². The smallest absolute Gasteiger partial charge is 0.0810 e. The molecular weight excluding hydrogens is 222 g/mol. The summed E-state index contributed by atoms with van der Waals surface area (Å²) in [7, 11) is 0. The third-order valence-corrected chi connectivity index (χ3v) is 5.11. The molecule has 2 nitrogen and oxygen atoms in total. The van der Waals surface area contributed by atoms with E-state index in [2.05, 4.69) is 12.2 Å². The molecule has 2 unspecified atom stereocenters. The van der Waals surface area contributed by atoms with Crippen LogP contribution in [0.5, 0.6) is 0 Å². The van der Waals surface area contributed by atoms with Gasteiger partial charge in [0, 0.05) is 12.6 Å². The third-order valence-electron chi connectivity index (χ3n) is 5.11. The maximum Gasteiger partial charge on any atom is 0.0810 e. The molecule has 0 saturated heterocycles. The third kappa shape index (κ3) is 3.27. The average molecular weight is 251 g/mol. The van der Waals surface area contributed by atoms with Crippen molar-refractivity contribution in [2.24, 2.45) is 5.92 Å². The maximum atomic E-state index is 6.63. The molecule has 0 spiro atoms. The van der Waals surface area contributed by atoms with Crippen LogP contribution in [0.1, 0.15) is 71.1 Å². The zero-order chi connectivity index (χ0) is 12.4. The Bertz CT molecular complexity index is 268. The van der Waals surface area contributed by atoms with Crippen molar-refractivity contribution in [2.45, 2.75) is 88.9 Å². The van der Waals surface area contributed by atoms with Crippen LogP contribution in [-0.2, 0) is 4.74 Å². The molecule has 1 N–H and O–H groups in total. The Balaban J connectivity index is 1.54. The minimum atomic E-state index is 0.199. The first-order chi connectivity index (χ1) is 8.76. The van der Waals surface area contributed by atoms with Gasteiger partial charge in [0.05, 0.1) is 11.7 Å². The van der Waals surface area contributed by atoms with Crippen LogP contribution in [0.25, 0.3) is 0 Å². The molecule has 0 aromatic rings. The Kier molecular flexibility index (Phi) is 3.95. The highest BCUT2D eigenvalue weighted by atomic mass is 16.5. The fraction of sp³-hybridized carbons (Fsp3) is 1.00. The van der Waals surface area contributed by atoms with Crippen molar-refractivity contribution in [2.75, 3.05) is 6.54 Å². The van der Waals surface area contributed by atoms with Gasteiger partial charge in [0.25, 0.3) is 0 Å². The first-order valence-electron chi connectivity index (χ1n) is 8.17. The second kappa shape index (κ2) is 5.50. The second-order valence-corrected chi connectivity index (χ2v) is 7.06. The molecule has 0 heterocycles. The van der Waals surface area contributed by atoms with E-state index in [0.29, 0.717) is 6.10 Å². The minimum absolute atomic E-state index is 0.199. The summed E-state index contributed by atoms with van der Waals surface area (Å²) in [5.74, 6) is 0.874. The predicted molar refractivity (Wildman–Crippen MR) is 74.7 cm³/mol. The quantitative estimate of drug-likeness (QED) is 0.805. The van der Waals surface area contributed by atoms with Crippen molar-refractivity contribution >= 4 is 0 Å². The average Bonchev–Trinajstić information content (AvgIpc) is 3.08. The van der Waals surface area contributed by atoms with Gasteiger partial charge in [0.15, 0.2) is 0 Å². The molecule has 18 heavy (non-hydrogen) atoms. The van der Waals surface area contributed by atoms with E-state index >= 15 is 0 Å². The first-order valence-corrected chi connectivity index (χ1v) is 8.17. The van der Waals surface area contributed by atoms with Gasteiger partial charge in [-0.2, -0.15) is 0 Å². The van der Waals surface area contributed by atoms with E-state index < -0.39 is 0 Å². The van der Waals surface area contributed by atoms with Crippen molar-refractivity contribution in [1.82, 2.24) is 5.32 Å². The summed E-state index contributed by atoms with van der Waals surface area (Å²) in [6, 6.07) is 0.816. The van der Waals surface area contributed by atoms with Gasteiger partial charge < -0.3 is 10.1 Å². The summed E-state index contributed by atoms with van der Waals surface area (Å²) in [4.78, 5) is 0. The lowest BCUT2D eigenvalue weighted by molar-refractivity contribution is -0.106. The van der Waals surface area contributed by atoms with Crippen LogP contribution in [0.4, 0.5) is 0 Å². The van der Waals surface area contributed by atoms with Crippen LogP contribution >= 0.6 is 0 Å². The van der Waals surface area contributed by atoms with Gasteiger partial charge in [0.2, 0.25) is 0 Å². The zero-order valence-electron chi connectivity index (χ0n) is 11.9. The molecule has 2 heteroatoms. The standard InChI is InChI=1S/C16H29NO/c1-13-5-4-6-15(11-13)18-16(9-2-3-10-16)12-17-14-7-8-14/h13-15,17H,2-12H2,1H3. The van der Waals surface area contributed by atoms with Crippen LogP contribution in [-0.4, -0.2) is 24.3 Å². The minimum Gasteiger partial charge on any atom is -0.370 e. The Labute approximate surface area is 112 Å². The molecule has 0 amide bonds. The van der Waals surface area contributed by atoms with Crippen LogP contribution in [0, 0.1) is 5.92 Å². The molecule has 0 radical (unpaired) electrons. The molecular formula is C16H29NO. The van der Waals surface area contributed by atoms with Gasteiger partial charge >= 0.3 is 0 Å². The van der Waals surface area contributed by atoms with E-state index in [1.807, 2.05) is 0 Å². The van der Waals surface area contributed by atoms with Crippen molar-refractivity contribution in [1.29, 1.82) is 0 Å². The highest BCUT2D eigenvalue weighted by molar-refractivity contribution is 4.93. The largest absolute Gasteiger partial charge is 0.370 e. The lowest BCUT2D eigenvalue weighted by Crippen LogP contribution is -2.45. The molecule has 0 aromatic heterocycles. The topological polar surface area (TPSA) is 21.3 Å². The summed E-state index contributed by atoms with van der Waals surface area (Å²) in [6.07, 6.45) is 14.0. The van der Waals surface area contributed by atoms with Crippen LogP contribution < -0.4 is 5.32 Å². The van der Waals surface area contributed by atoms with Gasteiger partial charge in [-0.3, -0.25) is 0 Å². The van der Waals surface area contributed by atoms with E-state index in [9.17, 15) is 0 Å². The summed E-state index contributed by atoms with van der Waals surface area (Å²) in [5.41, 5.74) is 0.199. The molecule has 3 rings (SSSR count). The summed E-state index contributed by atoms with van der Waals surface area (Å²) in [5, 5.41) is 3.72. The number of rotatable bonds is 5. The van der Waals surface area contributed by atoms with E-state index in [1.165, 1.54) is 64.2 Å². The Morgan fingerprint density at radius 1 is 1.06 bits per heavy atom. The Hall–Kier alpha value is -0.0800. The molecule has 0 aromatic carbocycles. The van der Waals surface area contributed by atoms with E-state index in [-0.39, 0.29) is 5.60 Å². The highest BCUT2D eigenvalue weighted by Gasteiger charge is 2.39. The van der Waals surface area contributed by atoms with Crippen molar-refractivity contribution in [3.8, 4) is 0 Å². The number of hydrogen-bond acceptors (Lipinski definition) is 2. The predicted octanol–water partition coefficient (Wildman–Crippen LogP) is 3.65. The molecule has 2 atom stereocenters. The molecule has 3 aliphatic rings. The van der Waals surface area contributed by atoms with Gasteiger partial charge in [-0.05, 0) is 44.4 Å². The molecule has 3 fully saturated rings. The molecule has 0 aliphatic heterocycles. The number of hydrogen-bond donors (Lipinski definition) is 1. The molecule has 0 bridgehead atoms. The molecule has 3 saturated carbocycles. The van der Waals surface area contributed by atoms with Crippen molar-refractivity contribution in [3.63, 3.8) is 0 Å². The van der Waals surface area contributed by atoms with Gasteiger partial charge in [0.1, 0.15) is 0 Å². The summed E-state index contributed by atoms with van der Waals surface area (Å²) >= 11 is 0. The van der Waals surface area contributed by atoms with Crippen molar-refractivity contribution < 1.29 is 4.74 Å².